The summed E-state index contributed by atoms with van der Waals surface area (Å²) in [6, 6.07) is 10.4. The SMILES string of the molecule is CCc1ccccc1C(=O)c1ccc(F)c(F)c1. The molecule has 0 atom stereocenters. The third-order valence-corrected chi connectivity index (χ3v) is 2.82. The molecule has 0 saturated carbocycles. The third-order valence-electron chi connectivity index (χ3n) is 2.82. The summed E-state index contributed by atoms with van der Waals surface area (Å²) in [5.74, 6) is -2.24. The van der Waals surface area contributed by atoms with Gasteiger partial charge < -0.3 is 0 Å². The van der Waals surface area contributed by atoms with E-state index in [2.05, 4.69) is 0 Å². The predicted molar refractivity (Wildman–Crippen MR) is 65.6 cm³/mol. The number of benzene rings is 2. The van der Waals surface area contributed by atoms with Crippen molar-refractivity contribution in [3.8, 4) is 0 Å². The minimum Gasteiger partial charge on any atom is -0.289 e. The zero-order chi connectivity index (χ0) is 13.1. The standard InChI is InChI=1S/C15H12F2O/c1-2-10-5-3-4-6-12(10)15(18)11-7-8-13(16)14(17)9-11/h3-9H,2H2,1H3. The quantitative estimate of drug-likeness (QED) is 0.754. The molecule has 92 valence electrons. The Labute approximate surface area is 104 Å². The molecule has 0 aliphatic heterocycles. The van der Waals surface area contributed by atoms with Crippen LogP contribution in [0.2, 0.25) is 0 Å². The smallest absolute Gasteiger partial charge is 0.193 e. The maximum atomic E-state index is 13.1. The third kappa shape index (κ3) is 2.30. The van der Waals surface area contributed by atoms with Crippen LogP contribution < -0.4 is 0 Å². The normalized spacial score (nSPS) is 10.4. The molecule has 0 aromatic heterocycles. The fraction of sp³-hybridized carbons (Fsp3) is 0.133. The highest BCUT2D eigenvalue weighted by Gasteiger charge is 2.14. The van der Waals surface area contributed by atoms with Gasteiger partial charge in [0.15, 0.2) is 17.4 Å². The molecule has 2 rings (SSSR count). The van der Waals surface area contributed by atoms with Crippen molar-refractivity contribution < 1.29 is 13.6 Å². The molecule has 2 aromatic rings. The molecule has 0 N–H and O–H groups in total. The van der Waals surface area contributed by atoms with Gasteiger partial charge in [-0.05, 0) is 30.2 Å². The second-order valence-electron chi connectivity index (χ2n) is 3.97. The Kier molecular flexibility index (Phi) is 3.51. The highest BCUT2D eigenvalue weighted by atomic mass is 19.2. The lowest BCUT2D eigenvalue weighted by Crippen LogP contribution is -2.05. The molecule has 1 nitrogen and oxygen atoms in total. The molecule has 0 radical (unpaired) electrons. The van der Waals surface area contributed by atoms with Gasteiger partial charge in [-0.2, -0.15) is 0 Å². The summed E-state index contributed by atoms with van der Waals surface area (Å²) in [5.41, 5.74) is 1.59. The highest BCUT2D eigenvalue weighted by molar-refractivity contribution is 6.09. The maximum Gasteiger partial charge on any atom is 0.193 e. The average molecular weight is 246 g/mol. The number of carbonyl (C=O) groups excluding carboxylic acids is 1. The Morgan fingerprint density at radius 1 is 1.06 bits per heavy atom. The van der Waals surface area contributed by atoms with Gasteiger partial charge in [-0.15, -0.1) is 0 Å². The van der Waals surface area contributed by atoms with Gasteiger partial charge in [0.25, 0.3) is 0 Å². The molecule has 0 bridgehead atoms. The van der Waals surface area contributed by atoms with E-state index in [-0.39, 0.29) is 11.3 Å². The van der Waals surface area contributed by atoms with Crippen LogP contribution in [0.5, 0.6) is 0 Å². The minimum absolute atomic E-state index is 0.162. The number of rotatable bonds is 3. The van der Waals surface area contributed by atoms with Gasteiger partial charge in [0.2, 0.25) is 0 Å². The van der Waals surface area contributed by atoms with E-state index in [1.807, 2.05) is 19.1 Å². The van der Waals surface area contributed by atoms with Crippen molar-refractivity contribution in [2.45, 2.75) is 13.3 Å². The van der Waals surface area contributed by atoms with E-state index in [1.165, 1.54) is 6.07 Å². The largest absolute Gasteiger partial charge is 0.289 e. The first kappa shape index (κ1) is 12.4. The van der Waals surface area contributed by atoms with Gasteiger partial charge in [-0.1, -0.05) is 31.2 Å². The van der Waals surface area contributed by atoms with Crippen molar-refractivity contribution in [3.63, 3.8) is 0 Å². The molecule has 0 aliphatic rings. The van der Waals surface area contributed by atoms with E-state index in [0.29, 0.717) is 12.0 Å². The summed E-state index contributed by atoms with van der Waals surface area (Å²) in [6.07, 6.45) is 0.714. The van der Waals surface area contributed by atoms with E-state index in [9.17, 15) is 13.6 Å². The van der Waals surface area contributed by atoms with E-state index < -0.39 is 11.6 Å². The first-order valence-corrected chi connectivity index (χ1v) is 5.71. The van der Waals surface area contributed by atoms with Crippen molar-refractivity contribution in [1.29, 1.82) is 0 Å². The van der Waals surface area contributed by atoms with Gasteiger partial charge in [0.05, 0.1) is 0 Å². The highest BCUT2D eigenvalue weighted by Crippen LogP contribution is 2.17. The fourth-order valence-corrected chi connectivity index (χ4v) is 1.84. The van der Waals surface area contributed by atoms with Crippen LogP contribution in [0, 0.1) is 11.6 Å². The second kappa shape index (κ2) is 5.08. The van der Waals surface area contributed by atoms with Crippen LogP contribution in [0.1, 0.15) is 28.4 Å². The molecular weight excluding hydrogens is 234 g/mol. The van der Waals surface area contributed by atoms with Crippen molar-refractivity contribution in [2.75, 3.05) is 0 Å². The topological polar surface area (TPSA) is 17.1 Å². The number of aryl methyl sites for hydroxylation is 1. The number of hydrogen-bond acceptors (Lipinski definition) is 1. The van der Waals surface area contributed by atoms with E-state index in [0.717, 1.165) is 17.7 Å². The van der Waals surface area contributed by atoms with Crippen LogP contribution in [-0.4, -0.2) is 5.78 Å². The Hall–Kier alpha value is -2.03. The van der Waals surface area contributed by atoms with Crippen LogP contribution >= 0.6 is 0 Å². The molecule has 0 spiro atoms. The summed E-state index contributed by atoms with van der Waals surface area (Å²) in [6.45, 7) is 1.94. The van der Waals surface area contributed by atoms with Crippen LogP contribution in [0.25, 0.3) is 0 Å². The number of halogens is 2. The zero-order valence-corrected chi connectivity index (χ0v) is 9.91. The summed E-state index contributed by atoms with van der Waals surface area (Å²) in [7, 11) is 0. The van der Waals surface area contributed by atoms with Gasteiger partial charge in [-0.3, -0.25) is 4.79 Å². The summed E-state index contributed by atoms with van der Waals surface area (Å²) >= 11 is 0. The minimum atomic E-state index is -1.00. The molecule has 0 heterocycles. The van der Waals surface area contributed by atoms with Gasteiger partial charge in [-0.25, -0.2) is 8.78 Å². The Balaban J connectivity index is 2.44. The molecule has 0 unspecified atom stereocenters. The predicted octanol–water partition coefficient (Wildman–Crippen LogP) is 3.76. The van der Waals surface area contributed by atoms with Gasteiger partial charge in [0.1, 0.15) is 0 Å². The lowest BCUT2D eigenvalue weighted by Gasteiger charge is -2.06. The van der Waals surface area contributed by atoms with E-state index >= 15 is 0 Å². The molecule has 18 heavy (non-hydrogen) atoms. The zero-order valence-electron chi connectivity index (χ0n) is 9.91. The monoisotopic (exact) mass is 246 g/mol. The first-order chi connectivity index (χ1) is 8.63. The molecule has 0 saturated heterocycles. The van der Waals surface area contributed by atoms with Crippen molar-refractivity contribution in [3.05, 3.63) is 70.8 Å². The van der Waals surface area contributed by atoms with Gasteiger partial charge >= 0.3 is 0 Å². The van der Waals surface area contributed by atoms with Crippen LogP contribution in [0.3, 0.4) is 0 Å². The molecular formula is C15H12F2O. The van der Waals surface area contributed by atoms with Gasteiger partial charge in [0, 0.05) is 11.1 Å². The molecule has 0 amide bonds. The Morgan fingerprint density at radius 2 is 1.78 bits per heavy atom. The number of hydrogen-bond donors (Lipinski definition) is 0. The molecule has 0 aliphatic carbocycles. The van der Waals surface area contributed by atoms with Crippen molar-refractivity contribution in [2.24, 2.45) is 0 Å². The fourth-order valence-electron chi connectivity index (χ4n) is 1.84. The molecule has 3 heteroatoms. The number of carbonyl (C=O) groups is 1. The lowest BCUT2D eigenvalue weighted by molar-refractivity contribution is 0.103. The summed E-state index contributed by atoms with van der Waals surface area (Å²) in [5, 5.41) is 0. The van der Waals surface area contributed by atoms with Crippen LogP contribution in [-0.2, 0) is 6.42 Å². The number of ketones is 1. The maximum absolute atomic E-state index is 13.1. The molecule has 0 fully saturated rings. The Morgan fingerprint density at radius 3 is 2.44 bits per heavy atom. The van der Waals surface area contributed by atoms with Crippen molar-refractivity contribution in [1.82, 2.24) is 0 Å². The van der Waals surface area contributed by atoms with E-state index in [1.54, 1.807) is 12.1 Å². The van der Waals surface area contributed by atoms with Crippen LogP contribution in [0.4, 0.5) is 8.78 Å². The summed E-state index contributed by atoms with van der Waals surface area (Å²) in [4.78, 5) is 12.2. The first-order valence-electron chi connectivity index (χ1n) is 5.71. The van der Waals surface area contributed by atoms with Crippen LogP contribution in [0.15, 0.2) is 42.5 Å². The van der Waals surface area contributed by atoms with Crippen molar-refractivity contribution >= 4 is 5.78 Å². The Bertz CT molecular complexity index is 591. The van der Waals surface area contributed by atoms with E-state index in [4.69, 9.17) is 0 Å². The lowest BCUT2D eigenvalue weighted by atomic mass is 9.97. The second-order valence-corrected chi connectivity index (χ2v) is 3.97. The molecule has 2 aromatic carbocycles. The average Bonchev–Trinajstić information content (AvgIpc) is 2.41. The summed E-state index contributed by atoms with van der Waals surface area (Å²) < 4.78 is 25.9.